The third kappa shape index (κ3) is 4.20. The number of benzene rings is 2. The zero-order valence-electron chi connectivity index (χ0n) is 11.6. The molecule has 0 unspecified atom stereocenters. The van der Waals surface area contributed by atoms with E-state index in [1.807, 2.05) is 0 Å². The maximum Gasteiger partial charge on any atom is 0.343 e. The van der Waals surface area contributed by atoms with Crippen molar-refractivity contribution in [2.24, 2.45) is 0 Å². The Bertz CT molecular complexity index is 675. The predicted octanol–water partition coefficient (Wildman–Crippen LogP) is 3.85. The van der Waals surface area contributed by atoms with Crippen LogP contribution >= 0.6 is 11.6 Å². The number of rotatable bonds is 6. The summed E-state index contributed by atoms with van der Waals surface area (Å²) in [7, 11) is 0. The first kappa shape index (κ1) is 15.8. The molecule has 2 aromatic carbocycles. The van der Waals surface area contributed by atoms with Gasteiger partial charge in [-0.15, -0.1) is 0 Å². The second-order valence-corrected chi connectivity index (χ2v) is 4.65. The Balaban J connectivity index is 2.02. The number of esters is 1. The lowest BCUT2D eigenvalue weighted by molar-refractivity contribution is 0.0734. The number of ether oxygens (including phenoxy) is 2. The summed E-state index contributed by atoms with van der Waals surface area (Å²) in [5.41, 5.74) is 0.730. The van der Waals surface area contributed by atoms with Gasteiger partial charge in [0.15, 0.2) is 0 Å². The van der Waals surface area contributed by atoms with E-state index in [1.165, 1.54) is 24.3 Å². The lowest BCUT2D eigenvalue weighted by Gasteiger charge is -2.06. The molecule has 5 heteroatoms. The fraction of sp³-hybridized carbons (Fsp3) is 0.0588. The summed E-state index contributed by atoms with van der Waals surface area (Å²) < 4.78 is 10.5. The summed E-state index contributed by atoms with van der Waals surface area (Å²) in [6, 6.07) is 12.6. The van der Waals surface area contributed by atoms with Crippen molar-refractivity contribution in [2.45, 2.75) is 0 Å². The van der Waals surface area contributed by atoms with Gasteiger partial charge in [-0.2, -0.15) is 0 Å². The van der Waals surface area contributed by atoms with Crippen molar-refractivity contribution < 1.29 is 19.1 Å². The van der Waals surface area contributed by atoms with Gasteiger partial charge in [-0.25, -0.2) is 4.79 Å². The van der Waals surface area contributed by atoms with Gasteiger partial charge in [0.05, 0.1) is 5.56 Å². The molecule has 0 aliphatic heterocycles. The van der Waals surface area contributed by atoms with Crippen molar-refractivity contribution in [2.75, 3.05) is 6.61 Å². The minimum absolute atomic E-state index is 0.332. The lowest BCUT2D eigenvalue weighted by Crippen LogP contribution is -2.08. The molecule has 0 amide bonds. The quantitative estimate of drug-likeness (QED) is 0.351. The van der Waals surface area contributed by atoms with Gasteiger partial charge in [0.25, 0.3) is 5.24 Å². The highest BCUT2D eigenvalue weighted by molar-refractivity contribution is 6.67. The Kier molecular flexibility index (Phi) is 5.33. The average molecular weight is 317 g/mol. The molecular formula is C17H13ClO4. The molecule has 0 aromatic heterocycles. The first-order valence-electron chi connectivity index (χ1n) is 6.46. The highest BCUT2D eigenvalue weighted by Crippen LogP contribution is 2.17. The first-order valence-corrected chi connectivity index (χ1v) is 6.84. The van der Waals surface area contributed by atoms with E-state index in [-0.39, 0.29) is 0 Å². The predicted molar refractivity (Wildman–Crippen MR) is 83.7 cm³/mol. The zero-order valence-corrected chi connectivity index (χ0v) is 12.4. The molecule has 0 heterocycles. The van der Waals surface area contributed by atoms with Crippen molar-refractivity contribution in [3.8, 4) is 11.5 Å². The van der Waals surface area contributed by atoms with E-state index in [0.29, 0.717) is 29.2 Å². The topological polar surface area (TPSA) is 52.6 Å². The average Bonchev–Trinajstić information content (AvgIpc) is 2.54. The van der Waals surface area contributed by atoms with Gasteiger partial charge in [-0.05, 0) is 60.1 Å². The summed E-state index contributed by atoms with van der Waals surface area (Å²) in [4.78, 5) is 22.9. The molecule has 22 heavy (non-hydrogen) atoms. The van der Waals surface area contributed by atoms with E-state index in [9.17, 15) is 9.59 Å². The van der Waals surface area contributed by atoms with Gasteiger partial charge in [0.1, 0.15) is 18.1 Å². The SMILES string of the molecule is C=CCOc1ccc(C(=O)Oc2ccc(C(=O)Cl)cc2)cc1. The number of halogens is 1. The van der Waals surface area contributed by atoms with Crippen LogP contribution in [0.25, 0.3) is 0 Å². The van der Waals surface area contributed by atoms with E-state index < -0.39 is 11.2 Å². The van der Waals surface area contributed by atoms with E-state index in [1.54, 1.807) is 30.3 Å². The Morgan fingerprint density at radius 3 is 2.05 bits per heavy atom. The van der Waals surface area contributed by atoms with Crippen molar-refractivity contribution >= 4 is 22.8 Å². The Labute approximate surface area is 132 Å². The normalized spacial score (nSPS) is 9.86. The highest BCUT2D eigenvalue weighted by Gasteiger charge is 2.09. The van der Waals surface area contributed by atoms with Gasteiger partial charge in [-0.3, -0.25) is 4.79 Å². The summed E-state index contributed by atoms with van der Waals surface area (Å²) in [5.74, 6) is 0.472. The molecule has 0 saturated heterocycles. The van der Waals surface area contributed by atoms with Crippen molar-refractivity contribution in [3.63, 3.8) is 0 Å². The van der Waals surface area contributed by atoms with Gasteiger partial charge in [0.2, 0.25) is 0 Å². The summed E-state index contributed by atoms with van der Waals surface area (Å²) in [6.07, 6.45) is 1.64. The van der Waals surface area contributed by atoms with Crippen molar-refractivity contribution in [1.82, 2.24) is 0 Å². The molecule has 0 saturated carbocycles. The van der Waals surface area contributed by atoms with Crippen LogP contribution in [0.15, 0.2) is 61.2 Å². The lowest BCUT2D eigenvalue weighted by atomic mass is 10.2. The molecule has 0 aliphatic rings. The summed E-state index contributed by atoms with van der Waals surface area (Å²) >= 11 is 5.34. The van der Waals surface area contributed by atoms with Crippen LogP contribution < -0.4 is 9.47 Å². The van der Waals surface area contributed by atoms with Crippen LogP contribution in [0.2, 0.25) is 0 Å². The molecule has 0 bridgehead atoms. The van der Waals surface area contributed by atoms with Crippen LogP contribution in [0.3, 0.4) is 0 Å². The summed E-state index contributed by atoms with van der Waals surface area (Å²) in [6.45, 7) is 3.96. The maximum absolute atomic E-state index is 12.0. The van der Waals surface area contributed by atoms with E-state index in [4.69, 9.17) is 21.1 Å². The van der Waals surface area contributed by atoms with Crippen LogP contribution in [-0.2, 0) is 0 Å². The Morgan fingerprint density at radius 2 is 1.50 bits per heavy atom. The monoisotopic (exact) mass is 316 g/mol. The molecule has 0 fully saturated rings. The van der Waals surface area contributed by atoms with Crippen molar-refractivity contribution in [1.29, 1.82) is 0 Å². The zero-order chi connectivity index (χ0) is 15.9. The van der Waals surface area contributed by atoms with Crippen LogP contribution in [0, 0.1) is 0 Å². The minimum Gasteiger partial charge on any atom is -0.490 e. The minimum atomic E-state index is -0.562. The smallest absolute Gasteiger partial charge is 0.343 e. The fourth-order valence-corrected chi connectivity index (χ4v) is 1.79. The molecular weight excluding hydrogens is 304 g/mol. The molecule has 0 spiro atoms. The van der Waals surface area contributed by atoms with Gasteiger partial charge in [-0.1, -0.05) is 12.7 Å². The third-order valence-corrected chi connectivity index (χ3v) is 2.97. The standard InChI is InChI=1S/C17H13ClO4/c1-2-11-21-14-7-5-13(6-8-14)17(20)22-15-9-3-12(4-10-15)16(18)19/h2-10H,1,11H2. The summed E-state index contributed by atoms with van der Waals surface area (Å²) in [5, 5.41) is -0.562. The highest BCUT2D eigenvalue weighted by atomic mass is 35.5. The largest absolute Gasteiger partial charge is 0.490 e. The number of hydrogen-bond donors (Lipinski definition) is 0. The van der Waals surface area contributed by atoms with Crippen LogP contribution in [-0.4, -0.2) is 17.8 Å². The number of hydrogen-bond acceptors (Lipinski definition) is 4. The van der Waals surface area contributed by atoms with Crippen LogP contribution in [0.5, 0.6) is 11.5 Å². The number of carbonyl (C=O) groups is 2. The second kappa shape index (κ2) is 7.43. The molecule has 2 aromatic rings. The van der Waals surface area contributed by atoms with Gasteiger partial charge >= 0.3 is 5.97 Å². The Hall–Kier alpha value is -2.59. The molecule has 112 valence electrons. The van der Waals surface area contributed by atoms with Crippen molar-refractivity contribution in [3.05, 3.63) is 72.3 Å². The third-order valence-electron chi connectivity index (χ3n) is 2.75. The second-order valence-electron chi connectivity index (χ2n) is 4.31. The maximum atomic E-state index is 12.0. The van der Waals surface area contributed by atoms with Gasteiger partial charge < -0.3 is 9.47 Å². The van der Waals surface area contributed by atoms with Crippen LogP contribution in [0.1, 0.15) is 20.7 Å². The molecule has 2 rings (SSSR count). The van der Waals surface area contributed by atoms with E-state index in [2.05, 4.69) is 6.58 Å². The van der Waals surface area contributed by atoms with Crippen LogP contribution in [0.4, 0.5) is 0 Å². The molecule has 0 atom stereocenters. The first-order chi connectivity index (χ1) is 10.6. The van der Waals surface area contributed by atoms with Gasteiger partial charge in [0, 0.05) is 5.56 Å². The van der Waals surface area contributed by atoms with E-state index in [0.717, 1.165) is 0 Å². The molecule has 0 aliphatic carbocycles. The Morgan fingerprint density at radius 1 is 0.955 bits per heavy atom. The fourth-order valence-electron chi connectivity index (χ4n) is 1.66. The number of carbonyl (C=O) groups excluding carboxylic acids is 2. The van der Waals surface area contributed by atoms with E-state index >= 15 is 0 Å². The molecule has 0 N–H and O–H groups in total. The molecule has 0 radical (unpaired) electrons. The molecule has 4 nitrogen and oxygen atoms in total.